The van der Waals surface area contributed by atoms with Crippen LogP contribution in [0.25, 0.3) is 90.9 Å². The number of carbonyl (C=O) groups excluding carboxylic acids is 2. The van der Waals surface area contributed by atoms with Gasteiger partial charge in [-0.15, -0.1) is 0 Å². The van der Waals surface area contributed by atoms with Gasteiger partial charge >= 0.3 is 0 Å². The summed E-state index contributed by atoms with van der Waals surface area (Å²) in [6.45, 7) is 4.76. The van der Waals surface area contributed by atoms with E-state index in [1.54, 1.807) is 28.1 Å². The van der Waals surface area contributed by atoms with Gasteiger partial charge in [0.2, 0.25) is 11.8 Å². The molecule has 4 aromatic carbocycles. The summed E-state index contributed by atoms with van der Waals surface area (Å²) in [4.78, 5) is 44.0. The number of H-pyrrole nitrogens is 2. The van der Waals surface area contributed by atoms with E-state index in [-0.39, 0.29) is 33.5 Å². The fourth-order valence-electron chi connectivity index (χ4n) is 19.1. The molecule has 12 heteroatoms. The number of aromatic nitrogens is 4. The van der Waals surface area contributed by atoms with Crippen molar-refractivity contribution in [1.82, 2.24) is 30.6 Å². The Morgan fingerprint density at radius 2 is 0.791 bits per heavy atom. The zero-order valence-corrected chi connectivity index (χ0v) is 50.3. The van der Waals surface area contributed by atoms with Crippen LogP contribution in [-0.4, -0.2) is 73.3 Å². The lowest BCUT2D eigenvalue weighted by Crippen LogP contribution is -2.57. The molecule has 8 fully saturated rings. The Hall–Kier alpha value is -8.38. The van der Waals surface area contributed by atoms with E-state index in [4.69, 9.17) is 28.9 Å². The monoisotopic (exact) mass is 1140 g/mol. The van der Waals surface area contributed by atoms with Gasteiger partial charge in [-0.2, -0.15) is 0 Å². The molecular formula is C74H76N6O6. The van der Waals surface area contributed by atoms with E-state index in [1.165, 1.54) is 49.7 Å². The van der Waals surface area contributed by atoms with Crippen LogP contribution in [-0.2, 0) is 20.4 Å². The molecule has 86 heavy (non-hydrogen) atoms. The number of hydrogen-bond donors (Lipinski definition) is 4. The Morgan fingerprint density at radius 1 is 0.442 bits per heavy atom. The van der Waals surface area contributed by atoms with Gasteiger partial charge < -0.3 is 39.5 Å². The summed E-state index contributed by atoms with van der Waals surface area (Å²) in [6.07, 6.45) is 22.4. The van der Waals surface area contributed by atoms with Crippen molar-refractivity contribution >= 4 is 58.2 Å². The number of aromatic amines is 2. The molecule has 4 atom stereocenters. The highest BCUT2D eigenvalue weighted by molar-refractivity contribution is 6.00. The molecule has 0 radical (unpaired) electrons. The van der Waals surface area contributed by atoms with E-state index < -0.39 is 0 Å². The van der Waals surface area contributed by atoms with E-state index in [9.17, 15) is 9.59 Å². The van der Waals surface area contributed by atoms with E-state index in [0.717, 1.165) is 164 Å². The zero-order chi connectivity index (χ0) is 58.7. The van der Waals surface area contributed by atoms with Gasteiger partial charge in [0.25, 0.3) is 0 Å². The molecule has 7 aromatic rings. The first-order valence-corrected chi connectivity index (χ1v) is 31.1. The van der Waals surface area contributed by atoms with Gasteiger partial charge in [-0.1, -0.05) is 48.5 Å². The lowest BCUT2D eigenvalue weighted by atomic mass is 9.43. The topological polar surface area (TPSA) is 152 Å². The minimum atomic E-state index is -0.0413. The fraction of sp³-hybridized carbons (Fsp3) is 0.378. The third kappa shape index (κ3) is 9.23. The van der Waals surface area contributed by atoms with Gasteiger partial charge in [-0.3, -0.25) is 9.59 Å². The van der Waals surface area contributed by atoms with E-state index in [0.29, 0.717) is 23.7 Å². The van der Waals surface area contributed by atoms with Crippen molar-refractivity contribution in [2.75, 3.05) is 41.5 Å². The van der Waals surface area contributed by atoms with Crippen LogP contribution in [0.15, 0.2) is 109 Å². The maximum Gasteiger partial charge on any atom is 0.216 e. The normalized spacial score (nSPS) is 26.2. The van der Waals surface area contributed by atoms with Crippen molar-refractivity contribution in [2.24, 2.45) is 34.5 Å². The van der Waals surface area contributed by atoms with Gasteiger partial charge in [0, 0.05) is 93.2 Å². The molecule has 5 heterocycles. The molecule has 0 saturated heterocycles. The van der Waals surface area contributed by atoms with E-state index in [2.05, 4.69) is 130 Å². The molecule has 0 spiro atoms. The van der Waals surface area contributed by atoms with Crippen molar-refractivity contribution in [2.45, 2.75) is 102 Å². The molecule has 10 aliphatic rings. The molecule has 16 bridgehead atoms. The second-order valence-electron chi connectivity index (χ2n) is 27.1. The number of ether oxygens (including phenoxy) is 4. The highest BCUT2D eigenvalue weighted by atomic mass is 16.5. The first-order chi connectivity index (χ1) is 41.7. The SMILES string of the molecule is COc1ccc(-c2c3nc(c(-c4ccc(OC)cc4)c4ccc([nH]4)c(-c4ccc(C56CC7CC(CC(CNC(C)=O)(C7)C5)C6)c(OC)c4)c4ccc([nH]4)c(-c4ccc(C56CC7CC(CC(CNC(C)=O)(C7)C5)C6)c(OC)c4)c4nc2C=C4)C=C3)cc1. The van der Waals surface area contributed by atoms with Crippen LogP contribution in [0.3, 0.4) is 0 Å². The maximum absolute atomic E-state index is 12.4. The second-order valence-corrected chi connectivity index (χ2v) is 27.1. The molecule has 4 N–H and O–H groups in total. The van der Waals surface area contributed by atoms with Crippen molar-refractivity contribution in [3.8, 4) is 67.5 Å². The summed E-state index contributed by atoms with van der Waals surface area (Å²) in [6, 6.07) is 39.0. The van der Waals surface area contributed by atoms with Crippen molar-refractivity contribution in [1.29, 1.82) is 0 Å². The third-order valence-electron chi connectivity index (χ3n) is 21.4. The van der Waals surface area contributed by atoms with Gasteiger partial charge in [0.05, 0.1) is 51.2 Å². The Morgan fingerprint density at radius 3 is 1.17 bits per heavy atom. The molecule has 438 valence electrons. The highest BCUT2D eigenvalue weighted by Crippen LogP contribution is 2.68. The number of nitrogens with zero attached hydrogens (tertiary/aromatic N) is 2. The lowest BCUT2D eigenvalue weighted by Gasteiger charge is -2.62. The van der Waals surface area contributed by atoms with Gasteiger partial charge in [0.1, 0.15) is 23.0 Å². The molecule has 2 aliphatic heterocycles. The number of rotatable bonds is 14. The standard InChI is InChI=1S/C74H76N6O6/c1-43(81)75-41-71-31-45-27-46(32-71)36-73(35-45,39-71)55-17-11-51(29-65(55)85-5)69-61-23-21-59(78-61)67(49-7-13-53(83-3)14-8-49)57-19-20-58(77-57)68(50-9-15-54(84-4)16-10-50)60-22-24-62(79-60)70(64-26-25-63(69)80-64)52-12-18-56(66(30-52)86-6)74-37-47-28-48(38-74)34-72(33-47,40-74)42-76-44(2)82/h7-26,29-30,45-48,78,80H,27-28,31-42H2,1-6H3,(H,75,81)(H,76,82). The summed E-state index contributed by atoms with van der Waals surface area (Å²) in [5.41, 5.74) is 17.3. The van der Waals surface area contributed by atoms with Crippen LogP contribution in [0.4, 0.5) is 0 Å². The molecule has 2 amide bonds. The molecule has 12 nitrogen and oxygen atoms in total. The average molecular weight is 1150 g/mol. The number of nitrogens with one attached hydrogen (secondary N) is 4. The minimum absolute atomic E-state index is 0.0370. The average Bonchev–Trinajstić information content (AvgIpc) is 0.970. The quantitative estimate of drug-likeness (QED) is 0.0840. The summed E-state index contributed by atoms with van der Waals surface area (Å²) in [5, 5.41) is 6.52. The van der Waals surface area contributed by atoms with Crippen molar-refractivity contribution < 1.29 is 28.5 Å². The Kier molecular flexibility index (Phi) is 13.0. The van der Waals surface area contributed by atoms with E-state index >= 15 is 0 Å². The molecule has 3 aromatic heterocycles. The summed E-state index contributed by atoms with van der Waals surface area (Å²) in [7, 11) is 7.02. The lowest BCUT2D eigenvalue weighted by molar-refractivity contribution is -0.122. The Bertz CT molecular complexity index is 4120. The van der Waals surface area contributed by atoms with Gasteiger partial charge in [-0.25, -0.2) is 9.97 Å². The number of methoxy groups -OCH3 is 4. The van der Waals surface area contributed by atoms with E-state index in [1.807, 2.05) is 38.5 Å². The number of benzene rings is 4. The fourth-order valence-corrected chi connectivity index (χ4v) is 19.1. The molecule has 8 aliphatic carbocycles. The van der Waals surface area contributed by atoms with Crippen LogP contribution in [0.1, 0.15) is 125 Å². The highest BCUT2D eigenvalue weighted by Gasteiger charge is 2.60. The molecular weight excluding hydrogens is 1070 g/mol. The third-order valence-corrected chi connectivity index (χ3v) is 21.4. The minimum Gasteiger partial charge on any atom is -0.497 e. The summed E-state index contributed by atoms with van der Waals surface area (Å²) < 4.78 is 24.5. The smallest absolute Gasteiger partial charge is 0.216 e. The molecule has 17 rings (SSSR count). The number of fused-ring (bicyclic) bond motifs is 8. The van der Waals surface area contributed by atoms with Gasteiger partial charge in [-0.05, 0) is 219 Å². The number of amides is 2. The molecule has 8 saturated carbocycles. The maximum atomic E-state index is 12.4. The summed E-state index contributed by atoms with van der Waals surface area (Å²) >= 11 is 0. The predicted molar refractivity (Wildman–Crippen MR) is 342 cm³/mol. The molecule has 4 unspecified atom stereocenters. The number of carbonyl (C=O) groups is 2. The largest absolute Gasteiger partial charge is 0.497 e. The predicted octanol–water partition coefficient (Wildman–Crippen LogP) is 15.3. The van der Waals surface area contributed by atoms with Crippen LogP contribution in [0.5, 0.6) is 23.0 Å². The first kappa shape index (κ1) is 54.3. The Balaban J connectivity index is 0.961. The van der Waals surface area contributed by atoms with Crippen LogP contribution in [0, 0.1) is 34.5 Å². The van der Waals surface area contributed by atoms with Crippen LogP contribution < -0.4 is 29.6 Å². The zero-order valence-electron chi connectivity index (χ0n) is 50.3. The van der Waals surface area contributed by atoms with Gasteiger partial charge in [0.15, 0.2) is 0 Å². The van der Waals surface area contributed by atoms with Crippen LogP contribution in [0.2, 0.25) is 0 Å². The summed E-state index contributed by atoms with van der Waals surface area (Å²) in [5.74, 6) is 5.92. The number of hydrogen-bond acceptors (Lipinski definition) is 8. The first-order valence-electron chi connectivity index (χ1n) is 31.1. The second kappa shape index (κ2) is 20.7. The van der Waals surface area contributed by atoms with Crippen LogP contribution >= 0.6 is 0 Å². The Labute approximate surface area is 503 Å². The van der Waals surface area contributed by atoms with Crippen molar-refractivity contribution in [3.05, 3.63) is 143 Å². The van der Waals surface area contributed by atoms with Crippen molar-refractivity contribution in [3.63, 3.8) is 0 Å².